The van der Waals surface area contributed by atoms with Gasteiger partial charge in [-0.25, -0.2) is 10.1 Å². The van der Waals surface area contributed by atoms with Crippen molar-refractivity contribution in [3.8, 4) is 23.1 Å². The molecule has 4 aromatic rings. The molecule has 2 N–H and O–H groups in total. The SMILES string of the molecule is COc1cc(-c2ccc3c(c2Nc2nc(Sc4ccccc4C#N)n[nH]2)CCC3)ccn1. The van der Waals surface area contributed by atoms with E-state index in [4.69, 9.17) is 4.74 Å². The Kier molecular flexibility index (Phi) is 5.48. The molecule has 0 atom stereocenters. The van der Waals surface area contributed by atoms with Crippen molar-refractivity contribution in [3.05, 3.63) is 71.4 Å². The lowest BCUT2D eigenvalue weighted by atomic mass is 9.98. The Morgan fingerprint density at radius 3 is 2.94 bits per heavy atom. The number of hydrogen-bond donors (Lipinski definition) is 2. The van der Waals surface area contributed by atoms with E-state index in [1.807, 2.05) is 30.3 Å². The van der Waals surface area contributed by atoms with Gasteiger partial charge in [-0.15, -0.1) is 5.10 Å². The monoisotopic (exact) mass is 440 g/mol. The van der Waals surface area contributed by atoms with Gasteiger partial charge in [-0.3, -0.25) is 0 Å². The topological polar surface area (TPSA) is 99.5 Å². The third-order valence-corrected chi connectivity index (χ3v) is 6.40. The van der Waals surface area contributed by atoms with Crippen molar-refractivity contribution in [2.24, 2.45) is 0 Å². The highest BCUT2D eigenvalue weighted by atomic mass is 32.2. The van der Waals surface area contributed by atoms with E-state index in [0.717, 1.165) is 41.0 Å². The number of aromatic nitrogens is 4. The van der Waals surface area contributed by atoms with Crippen LogP contribution in [-0.2, 0) is 12.8 Å². The number of ether oxygens (including phenoxy) is 1. The second-order valence-corrected chi connectivity index (χ2v) is 8.38. The number of aryl methyl sites for hydroxylation is 1. The van der Waals surface area contributed by atoms with Gasteiger partial charge in [0, 0.05) is 22.7 Å². The van der Waals surface area contributed by atoms with Crippen molar-refractivity contribution >= 4 is 23.4 Å². The molecule has 0 spiro atoms. The van der Waals surface area contributed by atoms with Crippen molar-refractivity contribution < 1.29 is 4.74 Å². The van der Waals surface area contributed by atoms with Crippen LogP contribution in [-0.4, -0.2) is 27.3 Å². The van der Waals surface area contributed by atoms with Crippen LogP contribution in [0.3, 0.4) is 0 Å². The fourth-order valence-electron chi connectivity index (χ4n) is 3.95. The molecule has 8 heteroatoms. The Bertz CT molecular complexity index is 1330. The van der Waals surface area contributed by atoms with E-state index in [0.29, 0.717) is 22.5 Å². The number of nitrogens with one attached hydrogen (secondary N) is 2. The molecule has 32 heavy (non-hydrogen) atoms. The van der Waals surface area contributed by atoms with Gasteiger partial charge in [0.25, 0.3) is 0 Å². The number of pyridine rings is 1. The van der Waals surface area contributed by atoms with E-state index in [2.05, 4.69) is 43.7 Å². The van der Waals surface area contributed by atoms with Crippen molar-refractivity contribution in [3.63, 3.8) is 0 Å². The summed E-state index contributed by atoms with van der Waals surface area (Å²) in [6.07, 6.45) is 4.97. The number of hydrogen-bond acceptors (Lipinski definition) is 7. The predicted octanol–water partition coefficient (Wildman–Crippen LogP) is 5.13. The predicted molar refractivity (Wildman–Crippen MR) is 123 cm³/mol. The summed E-state index contributed by atoms with van der Waals surface area (Å²) in [6, 6.07) is 17.9. The third kappa shape index (κ3) is 3.90. The van der Waals surface area contributed by atoms with Crippen LogP contribution in [0, 0.1) is 11.3 Å². The number of anilines is 2. The first-order valence-electron chi connectivity index (χ1n) is 10.3. The van der Waals surface area contributed by atoms with Crippen LogP contribution in [0.15, 0.2) is 64.8 Å². The second-order valence-electron chi connectivity index (χ2n) is 7.37. The highest BCUT2D eigenvalue weighted by Crippen LogP contribution is 2.39. The van der Waals surface area contributed by atoms with Crippen LogP contribution in [0.4, 0.5) is 11.6 Å². The summed E-state index contributed by atoms with van der Waals surface area (Å²) in [6.45, 7) is 0. The highest BCUT2D eigenvalue weighted by Gasteiger charge is 2.20. The van der Waals surface area contributed by atoms with Gasteiger partial charge in [0.2, 0.25) is 17.0 Å². The lowest BCUT2D eigenvalue weighted by molar-refractivity contribution is 0.398. The average molecular weight is 441 g/mol. The normalized spacial score (nSPS) is 12.2. The quantitative estimate of drug-likeness (QED) is 0.429. The van der Waals surface area contributed by atoms with Gasteiger partial charge in [0.15, 0.2) is 0 Å². The molecule has 5 rings (SSSR count). The Balaban J connectivity index is 1.48. The summed E-state index contributed by atoms with van der Waals surface area (Å²) >= 11 is 1.36. The van der Waals surface area contributed by atoms with Crippen LogP contribution in [0.2, 0.25) is 0 Å². The molecular weight excluding hydrogens is 420 g/mol. The summed E-state index contributed by atoms with van der Waals surface area (Å²) in [7, 11) is 1.62. The molecule has 0 saturated carbocycles. The molecule has 0 aliphatic heterocycles. The minimum Gasteiger partial charge on any atom is -0.481 e. The summed E-state index contributed by atoms with van der Waals surface area (Å²) < 4.78 is 5.32. The van der Waals surface area contributed by atoms with E-state index >= 15 is 0 Å². The van der Waals surface area contributed by atoms with E-state index in [1.165, 1.54) is 22.9 Å². The minimum atomic E-state index is 0.551. The maximum atomic E-state index is 9.32. The molecule has 0 radical (unpaired) electrons. The van der Waals surface area contributed by atoms with Crippen LogP contribution >= 0.6 is 11.8 Å². The summed E-state index contributed by atoms with van der Waals surface area (Å²) in [5, 5.41) is 20.7. The van der Waals surface area contributed by atoms with Gasteiger partial charge < -0.3 is 10.1 Å². The second kappa shape index (κ2) is 8.73. The molecule has 1 aliphatic carbocycles. The van der Waals surface area contributed by atoms with Crippen molar-refractivity contribution in [1.82, 2.24) is 20.2 Å². The zero-order valence-corrected chi connectivity index (χ0v) is 18.2. The molecular formula is C24H20N6OS. The van der Waals surface area contributed by atoms with Gasteiger partial charge in [0.05, 0.1) is 18.4 Å². The van der Waals surface area contributed by atoms with Gasteiger partial charge >= 0.3 is 0 Å². The lowest BCUT2D eigenvalue weighted by Crippen LogP contribution is -2.01. The highest BCUT2D eigenvalue weighted by molar-refractivity contribution is 7.99. The third-order valence-electron chi connectivity index (χ3n) is 5.45. The zero-order chi connectivity index (χ0) is 21.9. The van der Waals surface area contributed by atoms with Gasteiger partial charge in [0.1, 0.15) is 6.07 Å². The van der Waals surface area contributed by atoms with E-state index < -0.39 is 0 Å². The summed E-state index contributed by atoms with van der Waals surface area (Å²) in [5.41, 5.74) is 6.37. The van der Waals surface area contributed by atoms with E-state index in [1.54, 1.807) is 19.4 Å². The van der Waals surface area contributed by atoms with Gasteiger partial charge in [-0.05, 0) is 65.9 Å². The van der Waals surface area contributed by atoms with Gasteiger partial charge in [-0.2, -0.15) is 10.2 Å². The fourth-order valence-corrected chi connectivity index (χ4v) is 4.75. The van der Waals surface area contributed by atoms with Crippen LogP contribution in [0.25, 0.3) is 11.1 Å². The molecule has 158 valence electrons. The zero-order valence-electron chi connectivity index (χ0n) is 17.4. The van der Waals surface area contributed by atoms with Crippen molar-refractivity contribution in [1.29, 1.82) is 5.26 Å². The molecule has 0 unspecified atom stereocenters. The molecule has 7 nitrogen and oxygen atoms in total. The molecule has 0 amide bonds. The smallest absolute Gasteiger partial charge is 0.224 e. The fraction of sp³-hybridized carbons (Fsp3) is 0.167. The Morgan fingerprint density at radius 1 is 1.16 bits per heavy atom. The number of benzene rings is 2. The molecule has 1 aliphatic rings. The number of aromatic amines is 1. The van der Waals surface area contributed by atoms with Gasteiger partial charge in [-0.1, -0.05) is 24.3 Å². The standard InChI is InChI=1S/C24H20N6OS/c1-31-21-13-16(11-12-26-21)19-10-9-15-6-4-7-18(15)22(19)27-23-28-24(30-29-23)32-20-8-3-2-5-17(20)14-25/h2-3,5,8-13H,4,6-7H2,1H3,(H2,27,28,29,30). The van der Waals surface area contributed by atoms with Crippen molar-refractivity contribution in [2.75, 3.05) is 12.4 Å². The van der Waals surface area contributed by atoms with Crippen molar-refractivity contribution in [2.45, 2.75) is 29.3 Å². The average Bonchev–Trinajstić information content (AvgIpc) is 3.49. The largest absolute Gasteiger partial charge is 0.481 e. The molecule has 0 fully saturated rings. The maximum Gasteiger partial charge on any atom is 0.224 e. The number of rotatable bonds is 6. The van der Waals surface area contributed by atoms with Crippen LogP contribution in [0.1, 0.15) is 23.1 Å². The van der Waals surface area contributed by atoms with Crippen LogP contribution in [0.5, 0.6) is 5.88 Å². The van der Waals surface area contributed by atoms with E-state index in [-0.39, 0.29) is 0 Å². The first-order valence-corrected chi connectivity index (χ1v) is 11.1. The lowest BCUT2D eigenvalue weighted by Gasteiger charge is -2.16. The maximum absolute atomic E-state index is 9.32. The number of nitrogens with zero attached hydrogens (tertiary/aromatic N) is 4. The Hall–Kier alpha value is -3.83. The Morgan fingerprint density at radius 2 is 2.06 bits per heavy atom. The first kappa shape index (κ1) is 20.1. The number of nitriles is 1. The number of methoxy groups -OCH3 is 1. The number of fused-ring (bicyclic) bond motifs is 1. The van der Waals surface area contributed by atoms with Crippen LogP contribution < -0.4 is 10.1 Å². The Labute approximate surface area is 189 Å². The number of H-pyrrole nitrogens is 1. The summed E-state index contributed by atoms with van der Waals surface area (Å²) in [5.74, 6) is 1.13. The molecule has 2 aromatic heterocycles. The molecule has 0 bridgehead atoms. The first-order chi connectivity index (χ1) is 15.7. The molecule has 0 saturated heterocycles. The summed E-state index contributed by atoms with van der Waals surface area (Å²) in [4.78, 5) is 9.66. The molecule has 2 aromatic carbocycles. The van der Waals surface area contributed by atoms with E-state index in [9.17, 15) is 5.26 Å². The molecule has 2 heterocycles. The minimum absolute atomic E-state index is 0.551.